The lowest BCUT2D eigenvalue weighted by Crippen LogP contribution is -2.13. The van der Waals surface area contributed by atoms with Crippen molar-refractivity contribution in [2.24, 2.45) is 0 Å². The minimum Gasteiger partial charge on any atom is -0.377 e. The molecule has 168 valence electrons. The second-order valence-electron chi connectivity index (χ2n) is 6.80. The Hall–Kier alpha value is -2.64. The van der Waals surface area contributed by atoms with Gasteiger partial charge in [-0.2, -0.15) is 13.7 Å². The number of hydrogen-bond acceptors (Lipinski definition) is 5. The standard InChI is InChI=1S/C23H15Br2ClN2O4S/c1-14-2-6-18(7-3-14)28-23(29)16(13-27)10-15-11-20(24)22(21(25)12-15)32-33(30,31)19-8-4-17(26)5-9-19/h2-12H,1H3,(H,28,29)/b16-10+. The summed E-state index contributed by atoms with van der Waals surface area (Å²) in [6, 6.07) is 17.7. The fraction of sp³-hybridized carbons (Fsp3) is 0.0435. The Labute approximate surface area is 213 Å². The molecule has 0 saturated heterocycles. The van der Waals surface area contributed by atoms with Crippen molar-refractivity contribution in [1.29, 1.82) is 5.26 Å². The van der Waals surface area contributed by atoms with Gasteiger partial charge in [-0.25, -0.2) is 0 Å². The third-order valence-corrected chi connectivity index (χ3v) is 6.97. The lowest BCUT2D eigenvalue weighted by molar-refractivity contribution is -0.112. The number of carbonyl (C=O) groups is 1. The molecule has 0 aliphatic carbocycles. The van der Waals surface area contributed by atoms with Crippen LogP contribution in [0.15, 0.2) is 80.1 Å². The first kappa shape index (κ1) is 25.0. The fourth-order valence-corrected chi connectivity index (χ4v) is 5.34. The highest BCUT2D eigenvalue weighted by Crippen LogP contribution is 2.37. The third kappa shape index (κ3) is 6.45. The molecule has 10 heteroatoms. The van der Waals surface area contributed by atoms with Gasteiger partial charge in [-0.1, -0.05) is 29.3 Å². The van der Waals surface area contributed by atoms with E-state index < -0.39 is 16.0 Å². The second-order valence-corrected chi connectivity index (χ2v) is 10.5. The zero-order valence-corrected chi connectivity index (χ0v) is 21.7. The van der Waals surface area contributed by atoms with Crippen molar-refractivity contribution in [2.75, 3.05) is 5.32 Å². The molecule has 3 rings (SSSR count). The highest BCUT2D eigenvalue weighted by Gasteiger charge is 2.21. The SMILES string of the molecule is Cc1ccc(NC(=O)/C(C#N)=C/c2cc(Br)c(OS(=O)(=O)c3ccc(Cl)cc3)c(Br)c2)cc1. The van der Waals surface area contributed by atoms with Gasteiger partial charge in [0.15, 0.2) is 5.75 Å². The molecule has 6 nitrogen and oxygen atoms in total. The molecule has 0 atom stereocenters. The van der Waals surface area contributed by atoms with E-state index in [0.29, 0.717) is 25.2 Å². The molecule has 0 saturated carbocycles. The Balaban J connectivity index is 1.85. The molecule has 0 aliphatic rings. The largest absolute Gasteiger partial charge is 0.377 e. The lowest BCUT2D eigenvalue weighted by atomic mass is 10.1. The molecule has 1 amide bonds. The number of benzene rings is 3. The van der Waals surface area contributed by atoms with Crippen LogP contribution in [0.25, 0.3) is 6.08 Å². The van der Waals surface area contributed by atoms with Gasteiger partial charge in [-0.15, -0.1) is 0 Å². The van der Waals surface area contributed by atoms with Gasteiger partial charge in [0.2, 0.25) is 0 Å². The van der Waals surface area contributed by atoms with Crippen molar-refractivity contribution in [3.63, 3.8) is 0 Å². The minimum atomic E-state index is -4.12. The molecule has 0 radical (unpaired) electrons. The van der Waals surface area contributed by atoms with Crippen LogP contribution >= 0.6 is 43.5 Å². The summed E-state index contributed by atoms with van der Waals surface area (Å²) in [5.41, 5.74) is 1.95. The molecule has 3 aromatic rings. The first-order valence-corrected chi connectivity index (χ1v) is 12.6. The van der Waals surface area contributed by atoms with Crippen LogP contribution in [0.2, 0.25) is 5.02 Å². The van der Waals surface area contributed by atoms with Gasteiger partial charge in [0, 0.05) is 10.7 Å². The van der Waals surface area contributed by atoms with Crippen molar-refractivity contribution in [3.05, 3.63) is 91.3 Å². The molecule has 1 N–H and O–H groups in total. The fourth-order valence-electron chi connectivity index (χ4n) is 2.65. The molecule has 3 aromatic carbocycles. The number of carbonyl (C=O) groups excluding carboxylic acids is 1. The van der Waals surface area contributed by atoms with E-state index in [-0.39, 0.29) is 16.2 Å². The van der Waals surface area contributed by atoms with Crippen molar-refractivity contribution < 1.29 is 17.4 Å². The lowest BCUT2D eigenvalue weighted by Gasteiger charge is -2.12. The summed E-state index contributed by atoms with van der Waals surface area (Å²) in [7, 11) is -4.12. The number of nitriles is 1. The van der Waals surface area contributed by atoms with E-state index in [9.17, 15) is 18.5 Å². The van der Waals surface area contributed by atoms with E-state index in [1.54, 1.807) is 12.1 Å². The molecule has 0 aliphatic heterocycles. The Morgan fingerprint density at radius 1 is 1.06 bits per heavy atom. The van der Waals surface area contributed by atoms with Crippen LogP contribution < -0.4 is 9.50 Å². The zero-order chi connectivity index (χ0) is 24.2. The van der Waals surface area contributed by atoms with E-state index in [2.05, 4.69) is 37.2 Å². The number of nitrogens with one attached hydrogen (secondary N) is 1. The number of amides is 1. The maximum Gasteiger partial charge on any atom is 0.339 e. The molecule has 0 spiro atoms. The zero-order valence-electron chi connectivity index (χ0n) is 17.0. The van der Waals surface area contributed by atoms with E-state index in [0.717, 1.165) is 5.56 Å². The summed E-state index contributed by atoms with van der Waals surface area (Å²) in [5.74, 6) is -0.552. The summed E-state index contributed by atoms with van der Waals surface area (Å²) >= 11 is 12.4. The normalized spacial score (nSPS) is 11.5. The van der Waals surface area contributed by atoms with E-state index >= 15 is 0 Å². The predicted octanol–water partition coefficient (Wildman–Crippen LogP) is 6.49. The van der Waals surface area contributed by atoms with E-state index in [1.165, 1.54) is 42.5 Å². The third-order valence-electron chi connectivity index (χ3n) is 4.30. The number of rotatable bonds is 6. The number of anilines is 1. The predicted molar refractivity (Wildman–Crippen MR) is 135 cm³/mol. The second kappa shape index (κ2) is 10.5. The monoisotopic (exact) mass is 608 g/mol. The molecule has 0 aromatic heterocycles. The summed E-state index contributed by atoms with van der Waals surface area (Å²) in [4.78, 5) is 12.4. The summed E-state index contributed by atoms with van der Waals surface area (Å²) in [6.07, 6.45) is 1.39. The first-order valence-electron chi connectivity index (χ1n) is 9.28. The first-order chi connectivity index (χ1) is 15.6. The number of aryl methyl sites for hydroxylation is 1. The molecular formula is C23H15Br2ClN2O4S. The summed E-state index contributed by atoms with van der Waals surface area (Å²) in [6.45, 7) is 1.93. The van der Waals surface area contributed by atoms with E-state index in [1.807, 2.05) is 25.1 Å². The van der Waals surface area contributed by atoms with Crippen molar-refractivity contribution >= 4 is 71.2 Å². The smallest absolute Gasteiger partial charge is 0.339 e. The van der Waals surface area contributed by atoms with Gasteiger partial charge >= 0.3 is 10.1 Å². The van der Waals surface area contributed by atoms with Crippen LogP contribution in [0.3, 0.4) is 0 Å². The number of hydrogen-bond donors (Lipinski definition) is 1. The minimum absolute atomic E-state index is 0.0183. The van der Waals surface area contributed by atoms with Crippen LogP contribution in [0.4, 0.5) is 5.69 Å². The summed E-state index contributed by atoms with van der Waals surface area (Å²) < 4.78 is 31.1. The number of nitrogens with zero attached hydrogens (tertiary/aromatic N) is 1. The summed E-state index contributed by atoms with van der Waals surface area (Å²) in [5, 5.41) is 12.5. The Morgan fingerprint density at radius 3 is 2.18 bits per heavy atom. The average Bonchev–Trinajstić information content (AvgIpc) is 2.76. The number of halogens is 3. The highest BCUT2D eigenvalue weighted by molar-refractivity contribution is 9.11. The molecule has 33 heavy (non-hydrogen) atoms. The average molecular weight is 611 g/mol. The van der Waals surface area contributed by atoms with Gasteiger partial charge in [0.1, 0.15) is 16.5 Å². The quantitative estimate of drug-likeness (QED) is 0.196. The Bertz CT molecular complexity index is 1360. The van der Waals surface area contributed by atoms with Gasteiger partial charge in [0.05, 0.1) is 8.95 Å². The van der Waals surface area contributed by atoms with Crippen LogP contribution in [0, 0.1) is 18.3 Å². The van der Waals surface area contributed by atoms with Crippen molar-refractivity contribution in [1.82, 2.24) is 0 Å². The van der Waals surface area contributed by atoms with Gasteiger partial charge in [-0.05, 0) is 99.0 Å². The highest BCUT2D eigenvalue weighted by atomic mass is 79.9. The molecular weight excluding hydrogens is 596 g/mol. The molecule has 0 heterocycles. The van der Waals surface area contributed by atoms with Crippen molar-refractivity contribution in [2.45, 2.75) is 11.8 Å². The Morgan fingerprint density at radius 2 is 1.64 bits per heavy atom. The van der Waals surface area contributed by atoms with E-state index in [4.69, 9.17) is 15.8 Å². The van der Waals surface area contributed by atoms with Crippen LogP contribution in [0.5, 0.6) is 5.75 Å². The van der Waals surface area contributed by atoms with Gasteiger partial charge in [0.25, 0.3) is 5.91 Å². The van der Waals surface area contributed by atoms with Crippen molar-refractivity contribution in [3.8, 4) is 11.8 Å². The molecule has 0 fully saturated rings. The van der Waals surface area contributed by atoms with Gasteiger partial charge < -0.3 is 9.50 Å². The van der Waals surface area contributed by atoms with Crippen LogP contribution in [-0.2, 0) is 14.9 Å². The molecule has 0 unspecified atom stereocenters. The van der Waals surface area contributed by atoms with Gasteiger partial charge in [-0.3, -0.25) is 4.79 Å². The topological polar surface area (TPSA) is 96.3 Å². The Kier molecular flexibility index (Phi) is 7.97. The maximum absolute atomic E-state index is 12.6. The molecule has 0 bridgehead atoms. The van der Waals surface area contributed by atoms with Crippen LogP contribution in [0.1, 0.15) is 11.1 Å². The maximum atomic E-state index is 12.6. The van der Waals surface area contributed by atoms with Crippen LogP contribution in [-0.4, -0.2) is 14.3 Å².